The van der Waals surface area contributed by atoms with E-state index in [4.69, 9.17) is 0 Å². The topological polar surface area (TPSA) is 46.2 Å². The van der Waals surface area contributed by atoms with Crippen LogP contribution in [0.1, 0.15) is 71.6 Å². The number of hydrogen-bond donors (Lipinski definition) is 1. The highest BCUT2D eigenvalue weighted by Crippen LogP contribution is 2.11. The standard InChI is InChI=1S/C15H33NO2S/c1-4-6-7-8-9-10-12-15(16-3)13-11-14-19(17,18)5-2/h15-16H,4-14H2,1-3H3. The number of sulfone groups is 1. The molecule has 0 aliphatic rings. The van der Waals surface area contributed by atoms with Crippen molar-refractivity contribution < 1.29 is 8.42 Å². The van der Waals surface area contributed by atoms with E-state index >= 15 is 0 Å². The van der Waals surface area contributed by atoms with Gasteiger partial charge < -0.3 is 5.32 Å². The van der Waals surface area contributed by atoms with Crippen LogP contribution >= 0.6 is 0 Å². The van der Waals surface area contributed by atoms with Gasteiger partial charge in [0.25, 0.3) is 0 Å². The zero-order valence-corrected chi connectivity index (χ0v) is 13.9. The predicted octanol–water partition coefficient (Wildman–Crippen LogP) is 3.54. The lowest BCUT2D eigenvalue weighted by atomic mass is 10.0. The normalized spacial score (nSPS) is 13.6. The van der Waals surface area contributed by atoms with Crippen molar-refractivity contribution in [2.24, 2.45) is 0 Å². The fourth-order valence-corrected chi connectivity index (χ4v) is 3.19. The molecule has 1 atom stereocenters. The third kappa shape index (κ3) is 11.4. The fraction of sp³-hybridized carbons (Fsp3) is 1.00. The molecule has 0 amide bonds. The predicted molar refractivity (Wildman–Crippen MR) is 84.4 cm³/mol. The molecule has 0 heterocycles. The van der Waals surface area contributed by atoms with Crippen LogP contribution in [0.5, 0.6) is 0 Å². The van der Waals surface area contributed by atoms with Gasteiger partial charge in [-0.3, -0.25) is 0 Å². The molecule has 0 bridgehead atoms. The summed E-state index contributed by atoms with van der Waals surface area (Å²) in [5.74, 6) is 0.618. The van der Waals surface area contributed by atoms with Crippen molar-refractivity contribution in [2.75, 3.05) is 18.6 Å². The average molecular weight is 292 g/mol. The third-order valence-electron chi connectivity index (χ3n) is 3.76. The second kappa shape index (κ2) is 11.7. The summed E-state index contributed by atoms with van der Waals surface area (Å²) in [4.78, 5) is 0. The summed E-state index contributed by atoms with van der Waals surface area (Å²) in [6.07, 6.45) is 10.9. The molecule has 0 radical (unpaired) electrons. The van der Waals surface area contributed by atoms with Gasteiger partial charge in [-0.25, -0.2) is 8.42 Å². The van der Waals surface area contributed by atoms with Crippen molar-refractivity contribution in [1.82, 2.24) is 5.32 Å². The van der Waals surface area contributed by atoms with Gasteiger partial charge in [0.15, 0.2) is 0 Å². The first-order valence-corrected chi connectivity index (χ1v) is 9.75. The Labute approximate surface area is 120 Å². The van der Waals surface area contributed by atoms with Gasteiger partial charge in [-0.1, -0.05) is 52.4 Å². The van der Waals surface area contributed by atoms with Crippen molar-refractivity contribution in [3.05, 3.63) is 0 Å². The SMILES string of the molecule is CCCCCCCCC(CCCS(=O)(=O)CC)NC. The lowest BCUT2D eigenvalue weighted by molar-refractivity contribution is 0.453. The van der Waals surface area contributed by atoms with Crippen LogP contribution in [0.2, 0.25) is 0 Å². The van der Waals surface area contributed by atoms with Crippen LogP contribution < -0.4 is 5.32 Å². The van der Waals surface area contributed by atoms with Gasteiger partial charge in [-0.15, -0.1) is 0 Å². The first-order valence-electron chi connectivity index (χ1n) is 7.93. The summed E-state index contributed by atoms with van der Waals surface area (Å²) >= 11 is 0. The Bertz CT molecular complexity index is 289. The lowest BCUT2D eigenvalue weighted by Crippen LogP contribution is -2.26. The van der Waals surface area contributed by atoms with E-state index in [0.29, 0.717) is 11.8 Å². The highest BCUT2D eigenvalue weighted by Gasteiger charge is 2.10. The van der Waals surface area contributed by atoms with Gasteiger partial charge in [0.2, 0.25) is 0 Å². The smallest absolute Gasteiger partial charge is 0.150 e. The summed E-state index contributed by atoms with van der Waals surface area (Å²) in [5.41, 5.74) is 0. The first-order chi connectivity index (χ1) is 9.05. The molecule has 3 nitrogen and oxygen atoms in total. The molecule has 1 unspecified atom stereocenters. The van der Waals surface area contributed by atoms with Crippen LogP contribution in [0, 0.1) is 0 Å². The van der Waals surface area contributed by atoms with Crippen molar-refractivity contribution in [2.45, 2.75) is 77.7 Å². The minimum atomic E-state index is -2.79. The van der Waals surface area contributed by atoms with Crippen molar-refractivity contribution in [3.8, 4) is 0 Å². The molecule has 0 aromatic carbocycles. The van der Waals surface area contributed by atoms with Crippen LogP contribution in [0.15, 0.2) is 0 Å². The Morgan fingerprint density at radius 2 is 1.47 bits per heavy atom. The molecule has 0 aliphatic heterocycles. The molecule has 0 rings (SSSR count). The van der Waals surface area contributed by atoms with Gasteiger partial charge in [-0.05, 0) is 26.3 Å². The van der Waals surface area contributed by atoms with E-state index in [1.54, 1.807) is 6.92 Å². The van der Waals surface area contributed by atoms with E-state index in [1.165, 1.54) is 44.9 Å². The van der Waals surface area contributed by atoms with Gasteiger partial charge in [0, 0.05) is 11.8 Å². The summed E-state index contributed by atoms with van der Waals surface area (Å²) in [6.45, 7) is 3.96. The molecule has 116 valence electrons. The highest BCUT2D eigenvalue weighted by molar-refractivity contribution is 7.91. The second-order valence-electron chi connectivity index (χ2n) is 5.42. The molecule has 4 heteroatoms. The molecule has 0 saturated heterocycles. The van der Waals surface area contributed by atoms with Crippen LogP contribution in [0.4, 0.5) is 0 Å². The molecule has 1 N–H and O–H groups in total. The second-order valence-corrected chi connectivity index (χ2v) is 7.89. The Balaban J connectivity index is 3.61. The number of nitrogens with one attached hydrogen (secondary N) is 1. The Morgan fingerprint density at radius 1 is 0.895 bits per heavy atom. The molecule has 0 aromatic rings. The third-order valence-corrected chi connectivity index (χ3v) is 5.55. The van der Waals surface area contributed by atoms with Gasteiger partial charge >= 0.3 is 0 Å². The maximum atomic E-state index is 11.4. The van der Waals surface area contributed by atoms with Crippen LogP contribution in [0.3, 0.4) is 0 Å². The summed E-state index contributed by atoms with van der Waals surface area (Å²) in [7, 11) is -0.804. The minimum Gasteiger partial charge on any atom is -0.317 e. The zero-order valence-electron chi connectivity index (χ0n) is 13.1. The van der Waals surface area contributed by atoms with E-state index in [0.717, 1.165) is 12.8 Å². The summed E-state index contributed by atoms with van der Waals surface area (Å²) in [5, 5.41) is 3.31. The number of rotatable bonds is 13. The van der Waals surface area contributed by atoms with E-state index in [-0.39, 0.29) is 5.75 Å². The molecule has 0 aliphatic carbocycles. The van der Waals surface area contributed by atoms with E-state index in [2.05, 4.69) is 12.2 Å². The summed E-state index contributed by atoms with van der Waals surface area (Å²) < 4.78 is 22.8. The van der Waals surface area contributed by atoms with Crippen LogP contribution in [-0.4, -0.2) is 33.0 Å². The Morgan fingerprint density at radius 3 is 2.05 bits per heavy atom. The molecule has 19 heavy (non-hydrogen) atoms. The maximum Gasteiger partial charge on any atom is 0.150 e. The van der Waals surface area contributed by atoms with E-state index in [9.17, 15) is 8.42 Å². The molecular formula is C15H33NO2S. The van der Waals surface area contributed by atoms with E-state index in [1.807, 2.05) is 7.05 Å². The molecule has 0 aromatic heterocycles. The van der Waals surface area contributed by atoms with E-state index < -0.39 is 9.84 Å². The fourth-order valence-electron chi connectivity index (χ4n) is 2.30. The minimum absolute atomic E-state index is 0.272. The monoisotopic (exact) mass is 291 g/mol. The largest absolute Gasteiger partial charge is 0.317 e. The van der Waals surface area contributed by atoms with Gasteiger partial charge in [0.1, 0.15) is 9.84 Å². The van der Waals surface area contributed by atoms with Gasteiger partial charge in [-0.2, -0.15) is 0 Å². The van der Waals surface area contributed by atoms with Crippen molar-refractivity contribution >= 4 is 9.84 Å². The highest BCUT2D eigenvalue weighted by atomic mass is 32.2. The molecule has 0 fully saturated rings. The Hall–Kier alpha value is -0.0900. The van der Waals surface area contributed by atoms with Crippen LogP contribution in [-0.2, 0) is 9.84 Å². The molecule has 0 saturated carbocycles. The van der Waals surface area contributed by atoms with Crippen molar-refractivity contribution in [1.29, 1.82) is 0 Å². The summed E-state index contributed by atoms with van der Waals surface area (Å²) in [6, 6.07) is 0.484. The lowest BCUT2D eigenvalue weighted by Gasteiger charge is -2.15. The average Bonchev–Trinajstić information content (AvgIpc) is 2.40. The quantitative estimate of drug-likeness (QED) is 0.528. The van der Waals surface area contributed by atoms with Crippen molar-refractivity contribution in [3.63, 3.8) is 0 Å². The molecular weight excluding hydrogens is 258 g/mol. The number of unbranched alkanes of at least 4 members (excludes halogenated alkanes) is 5. The maximum absolute atomic E-state index is 11.4. The zero-order chi connectivity index (χ0) is 14.6. The van der Waals surface area contributed by atoms with Crippen LogP contribution in [0.25, 0.3) is 0 Å². The molecule has 0 spiro atoms. The Kier molecular flexibility index (Phi) is 11.7. The number of hydrogen-bond acceptors (Lipinski definition) is 3. The first kappa shape index (κ1) is 18.9. The van der Waals surface area contributed by atoms with Gasteiger partial charge in [0.05, 0.1) is 5.75 Å².